The van der Waals surface area contributed by atoms with Gasteiger partial charge in [-0.15, -0.1) is 0 Å². The third kappa shape index (κ3) is 2.42. The zero-order chi connectivity index (χ0) is 13.1. The fourth-order valence-electron chi connectivity index (χ4n) is 1.86. The Morgan fingerprint density at radius 2 is 2.00 bits per heavy atom. The van der Waals surface area contributed by atoms with Crippen LogP contribution in [0.15, 0.2) is 41.1 Å². The number of benzene rings is 1. The molecule has 1 unspecified atom stereocenters. The van der Waals surface area contributed by atoms with Gasteiger partial charge >= 0.3 is 0 Å². The molecule has 2 nitrogen and oxygen atoms in total. The van der Waals surface area contributed by atoms with E-state index in [2.05, 4.69) is 26.2 Å². The fraction of sp³-hybridized carbons (Fsp3) is 0.154. The first-order chi connectivity index (χ1) is 8.65. The zero-order valence-corrected chi connectivity index (χ0v) is 11.2. The lowest BCUT2D eigenvalue weighted by Gasteiger charge is -2.19. The third-order valence-electron chi connectivity index (χ3n) is 2.69. The second-order valence-electron chi connectivity index (χ2n) is 3.75. The largest absolute Gasteiger partial charge is 0.309 e. The highest BCUT2D eigenvalue weighted by atomic mass is 79.9. The molecule has 1 aromatic carbocycles. The number of pyridine rings is 1. The molecule has 0 saturated heterocycles. The highest BCUT2D eigenvalue weighted by Crippen LogP contribution is 2.31. The SMILES string of the molecule is CNC(c1ccncc1F)c1c(F)cccc1Br. The van der Waals surface area contributed by atoms with E-state index in [1.54, 1.807) is 19.2 Å². The number of halogens is 3. The molecule has 0 amide bonds. The van der Waals surface area contributed by atoms with Gasteiger partial charge in [0.15, 0.2) is 0 Å². The van der Waals surface area contributed by atoms with Gasteiger partial charge in [0, 0.05) is 21.8 Å². The van der Waals surface area contributed by atoms with Crippen LogP contribution in [0.5, 0.6) is 0 Å². The van der Waals surface area contributed by atoms with Gasteiger partial charge < -0.3 is 5.32 Å². The topological polar surface area (TPSA) is 24.9 Å². The van der Waals surface area contributed by atoms with Crippen LogP contribution in [0.1, 0.15) is 17.2 Å². The Hall–Kier alpha value is -1.33. The highest BCUT2D eigenvalue weighted by Gasteiger charge is 2.21. The molecule has 0 saturated carbocycles. The monoisotopic (exact) mass is 312 g/mol. The minimum absolute atomic E-state index is 0.360. The molecule has 0 fully saturated rings. The van der Waals surface area contributed by atoms with Gasteiger partial charge in [-0.25, -0.2) is 8.78 Å². The first-order valence-corrected chi connectivity index (χ1v) is 6.15. The summed E-state index contributed by atoms with van der Waals surface area (Å²) in [5.74, 6) is -0.855. The van der Waals surface area contributed by atoms with E-state index >= 15 is 0 Å². The standard InChI is InChI=1S/C13H11BrF2N2/c1-17-13(8-5-6-18-7-11(8)16)12-9(14)3-2-4-10(12)15/h2-7,13,17H,1H3. The third-order valence-corrected chi connectivity index (χ3v) is 3.38. The molecule has 0 aliphatic heterocycles. The van der Waals surface area contributed by atoms with E-state index in [4.69, 9.17) is 0 Å². The molecule has 94 valence electrons. The molecular weight excluding hydrogens is 302 g/mol. The first kappa shape index (κ1) is 13.1. The van der Waals surface area contributed by atoms with Crippen LogP contribution >= 0.6 is 15.9 Å². The van der Waals surface area contributed by atoms with Crippen molar-refractivity contribution in [2.45, 2.75) is 6.04 Å². The van der Waals surface area contributed by atoms with E-state index in [1.165, 1.54) is 18.3 Å². The maximum Gasteiger partial charge on any atom is 0.146 e. The van der Waals surface area contributed by atoms with Gasteiger partial charge in [0.1, 0.15) is 11.6 Å². The van der Waals surface area contributed by atoms with Gasteiger partial charge in [0.05, 0.1) is 12.2 Å². The van der Waals surface area contributed by atoms with Crippen LogP contribution in [0, 0.1) is 11.6 Å². The van der Waals surface area contributed by atoms with Crippen LogP contribution < -0.4 is 5.32 Å². The Kier molecular flexibility index (Phi) is 4.04. The molecule has 0 bridgehead atoms. The van der Waals surface area contributed by atoms with Crippen LogP contribution in [0.25, 0.3) is 0 Å². The lowest BCUT2D eigenvalue weighted by Crippen LogP contribution is -2.20. The van der Waals surface area contributed by atoms with Crippen LogP contribution in [0.4, 0.5) is 8.78 Å². The van der Waals surface area contributed by atoms with Crippen molar-refractivity contribution in [1.82, 2.24) is 10.3 Å². The number of nitrogens with zero attached hydrogens (tertiary/aromatic N) is 1. The summed E-state index contributed by atoms with van der Waals surface area (Å²) in [7, 11) is 1.66. The second kappa shape index (κ2) is 5.54. The Labute approximate surface area is 112 Å². The number of rotatable bonds is 3. The molecule has 1 aromatic heterocycles. The van der Waals surface area contributed by atoms with Gasteiger partial charge in [-0.3, -0.25) is 4.98 Å². The summed E-state index contributed by atoms with van der Waals surface area (Å²) in [6.45, 7) is 0. The maximum absolute atomic E-state index is 13.9. The highest BCUT2D eigenvalue weighted by molar-refractivity contribution is 9.10. The second-order valence-corrected chi connectivity index (χ2v) is 4.61. The summed E-state index contributed by atoms with van der Waals surface area (Å²) in [5, 5.41) is 2.92. The molecule has 0 spiro atoms. The maximum atomic E-state index is 13.9. The average Bonchev–Trinajstić information content (AvgIpc) is 2.35. The molecular formula is C13H11BrF2N2. The van der Waals surface area contributed by atoms with Crippen molar-refractivity contribution < 1.29 is 8.78 Å². The summed E-state index contributed by atoms with van der Waals surface area (Å²) in [6.07, 6.45) is 2.60. The van der Waals surface area contributed by atoms with Crippen molar-refractivity contribution >= 4 is 15.9 Å². The van der Waals surface area contributed by atoms with E-state index in [9.17, 15) is 8.78 Å². The molecule has 2 rings (SSSR count). The Balaban J connectivity index is 2.56. The van der Waals surface area contributed by atoms with Gasteiger partial charge in [-0.1, -0.05) is 22.0 Å². The van der Waals surface area contributed by atoms with Crippen LogP contribution in [-0.2, 0) is 0 Å². The molecule has 0 radical (unpaired) electrons. The summed E-state index contributed by atoms with van der Waals surface area (Å²) in [4.78, 5) is 3.69. The van der Waals surface area contributed by atoms with E-state index < -0.39 is 11.9 Å². The number of aromatic nitrogens is 1. The first-order valence-electron chi connectivity index (χ1n) is 5.35. The lowest BCUT2D eigenvalue weighted by atomic mass is 9.99. The average molecular weight is 313 g/mol. The van der Waals surface area contributed by atoms with E-state index in [1.807, 2.05) is 0 Å². The van der Waals surface area contributed by atoms with E-state index in [0.29, 0.717) is 15.6 Å². The van der Waals surface area contributed by atoms with Crippen molar-refractivity contribution in [2.24, 2.45) is 0 Å². The predicted octanol–water partition coefficient (Wildman–Crippen LogP) is 3.43. The minimum Gasteiger partial charge on any atom is -0.309 e. The Morgan fingerprint density at radius 1 is 1.22 bits per heavy atom. The van der Waals surface area contributed by atoms with E-state index in [0.717, 1.165) is 6.20 Å². The van der Waals surface area contributed by atoms with Crippen molar-refractivity contribution in [3.8, 4) is 0 Å². The number of hydrogen-bond donors (Lipinski definition) is 1. The predicted molar refractivity (Wildman–Crippen MR) is 69.2 cm³/mol. The number of hydrogen-bond acceptors (Lipinski definition) is 2. The zero-order valence-electron chi connectivity index (χ0n) is 9.62. The number of nitrogens with one attached hydrogen (secondary N) is 1. The molecule has 18 heavy (non-hydrogen) atoms. The van der Waals surface area contributed by atoms with E-state index in [-0.39, 0.29) is 5.82 Å². The molecule has 1 atom stereocenters. The Bertz CT molecular complexity index is 540. The summed E-state index contributed by atoms with van der Waals surface area (Å²) in [5.41, 5.74) is 0.739. The molecule has 1 N–H and O–H groups in total. The van der Waals surface area contributed by atoms with Crippen LogP contribution in [0.3, 0.4) is 0 Å². The van der Waals surface area contributed by atoms with Gasteiger partial charge in [0.2, 0.25) is 0 Å². The normalized spacial score (nSPS) is 12.4. The molecule has 0 aliphatic carbocycles. The van der Waals surface area contributed by atoms with Crippen molar-refractivity contribution in [2.75, 3.05) is 7.05 Å². The van der Waals surface area contributed by atoms with Crippen molar-refractivity contribution in [3.63, 3.8) is 0 Å². The van der Waals surface area contributed by atoms with Crippen LogP contribution in [-0.4, -0.2) is 12.0 Å². The molecule has 2 aromatic rings. The quantitative estimate of drug-likeness (QED) is 0.939. The lowest BCUT2D eigenvalue weighted by molar-refractivity contribution is 0.542. The molecule has 1 heterocycles. The summed E-state index contributed by atoms with van der Waals surface area (Å²) < 4.78 is 28.2. The fourth-order valence-corrected chi connectivity index (χ4v) is 2.43. The smallest absolute Gasteiger partial charge is 0.146 e. The molecule has 5 heteroatoms. The summed E-state index contributed by atoms with van der Waals surface area (Å²) in [6, 6.07) is 5.64. The van der Waals surface area contributed by atoms with Crippen molar-refractivity contribution in [1.29, 1.82) is 0 Å². The molecule has 0 aliphatic rings. The van der Waals surface area contributed by atoms with Gasteiger partial charge in [-0.05, 0) is 25.2 Å². The van der Waals surface area contributed by atoms with Gasteiger partial charge in [0.25, 0.3) is 0 Å². The summed E-state index contributed by atoms with van der Waals surface area (Å²) >= 11 is 3.29. The van der Waals surface area contributed by atoms with Gasteiger partial charge in [-0.2, -0.15) is 0 Å². The minimum atomic E-state index is -0.566. The van der Waals surface area contributed by atoms with Crippen molar-refractivity contribution in [3.05, 3.63) is 63.9 Å². The van der Waals surface area contributed by atoms with Crippen LogP contribution in [0.2, 0.25) is 0 Å². The Morgan fingerprint density at radius 3 is 2.61 bits per heavy atom.